The lowest BCUT2D eigenvalue weighted by molar-refractivity contribution is -0.183. The van der Waals surface area contributed by atoms with Crippen LogP contribution >= 0.6 is 0 Å². The van der Waals surface area contributed by atoms with Gasteiger partial charge in [-0.3, -0.25) is 4.79 Å². The summed E-state index contributed by atoms with van der Waals surface area (Å²) in [5.41, 5.74) is 1.81. The number of halogens is 5. The summed E-state index contributed by atoms with van der Waals surface area (Å²) in [5.74, 6) is -6.48. The van der Waals surface area contributed by atoms with Gasteiger partial charge in [-0.2, -0.15) is 18.3 Å². The number of carbonyl (C=O) groups excluding carboxylic acids is 2. The van der Waals surface area contributed by atoms with E-state index in [1.807, 2.05) is 6.07 Å². The molecule has 4 atom stereocenters. The summed E-state index contributed by atoms with van der Waals surface area (Å²) < 4.78 is 75.1. The zero-order valence-electron chi connectivity index (χ0n) is 22.0. The molecule has 0 radical (unpaired) electrons. The first kappa shape index (κ1) is 28.7. The van der Waals surface area contributed by atoms with Crippen LogP contribution in [0.1, 0.15) is 55.1 Å². The Labute approximate surface area is 232 Å². The average molecular weight is 580 g/mol. The number of hydrogen-bond acceptors (Lipinski definition) is 5. The SMILES string of the molecule is O=C(N[C@H](c1cn2nc(CC3C[C@H](C(F)(F)F)CNC3=O)ccc2n1)[C@H]1CCCC(F)(F)C1)OCc1ccccc1. The number of ether oxygens (including phenoxy) is 1. The van der Waals surface area contributed by atoms with E-state index < -0.39 is 60.9 Å². The zero-order chi connectivity index (χ0) is 29.2. The van der Waals surface area contributed by atoms with Crippen molar-refractivity contribution in [1.82, 2.24) is 25.2 Å². The molecule has 1 unspecified atom stereocenters. The molecule has 13 heteroatoms. The second kappa shape index (κ2) is 11.6. The number of alkyl carbamates (subject to hydrolysis) is 1. The van der Waals surface area contributed by atoms with E-state index in [0.717, 1.165) is 5.56 Å². The van der Waals surface area contributed by atoms with Gasteiger partial charge in [0.15, 0.2) is 5.65 Å². The molecule has 220 valence electrons. The summed E-state index contributed by atoms with van der Waals surface area (Å²) in [5, 5.41) is 9.47. The number of nitrogens with one attached hydrogen (secondary N) is 2. The molecule has 41 heavy (non-hydrogen) atoms. The number of amides is 2. The van der Waals surface area contributed by atoms with Crippen LogP contribution in [0.4, 0.5) is 26.7 Å². The van der Waals surface area contributed by atoms with Crippen molar-refractivity contribution in [3.8, 4) is 0 Å². The zero-order valence-corrected chi connectivity index (χ0v) is 22.0. The summed E-state index contributed by atoms with van der Waals surface area (Å²) in [6, 6.07) is 11.3. The van der Waals surface area contributed by atoms with Crippen molar-refractivity contribution in [3.05, 3.63) is 65.6 Å². The Bertz CT molecular complexity index is 1380. The number of alkyl halides is 5. The Morgan fingerprint density at radius 2 is 1.98 bits per heavy atom. The van der Waals surface area contributed by atoms with Crippen LogP contribution < -0.4 is 10.6 Å². The van der Waals surface area contributed by atoms with E-state index >= 15 is 0 Å². The first-order valence-electron chi connectivity index (χ1n) is 13.5. The van der Waals surface area contributed by atoms with Crippen molar-refractivity contribution in [2.24, 2.45) is 17.8 Å². The van der Waals surface area contributed by atoms with Gasteiger partial charge in [0.25, 0.3) is 0 Å². The van der Waals surface area contributed by atoms with Crippen molar-refractivity contribution in [3.63, 3.8) is 0 Å². The molecule has 1 aliphatic heterocycles. The highest BCUT2D eigenvalue weighted by Gasteiger charge is 2.45. The number of hydrogen-bond donors (Lipinski definition) is 2. The van der Waals surface area contributed by atoms with E-state index in [4.69, 9.17) is 4.74 Å². The van der Waals surface area contributed by atoms with Crippen LogP contribution in [0.3, 0.4) is 0 Å². The molecule has 8 nitrogen and oxygen atoms in total. The molecule has 0 spiro atoms. The van der Waals surface area contributed by atoms with Gasteiger partial charge in [-0.25, -0.2) is 23.1 Å². The fourth-order valence-corrected chi connectivity index (χ4v) is 5.60. The molecule has 2 fully saturated rings. The number of nitrogens with zero attached hydrogens (tertiary/aromatic N) is 3. The van der Waals surface area contributed by atoms with Gasteiger partial charge in [-0.1, -0.05) is 30.3 Å². The summed E-state index contributed by atoms with van der Waals surface area (Å²) in [7, 11) is 0. The van der Waals surface area contributed by atoms with Gasteiger partial charge in [-0.05, 0) is 42.9 Å². The van der Waals surface area contributed by atoms with E-state index in [2.05, 4.69) is 20.7 Å². The fourth-order valence-electron chi connectivity index (χ4n) is 5.60. The maximum atomic E-state index is 14.4. The van der Waals surface area contributed by atoms with E-state index in [1.54, 1.807) is 36.4 Å². The van der Waals surface area contributed by atoms with Gasteiger partial charge < -0.3 is 15.4 Å². The highest BCUT2D eigenvalue weighted by atomic mass is 19.4. The molecular formula is C28H30F5N5O3. The molecule has 3 heterocycles. The summed E-state index contributed by atoms with van der Waals surface area (Å²) in [6.45, 7) is -0.446. The highest BCUT2D eigenvalue weighted by molar-refractivity contribution is 5.79. The molecule has 2 aliphatic rings. The van der Waals surface area contributed by atoms with Crippen LogP contribution in [0.2, 0.25) is 0 Å². The maximum Gasteiger partial charge on any atom is 0.408 e. The topological polar surface area (TPSA) is 97.6 Å². The van der Waals surface area contributed by atoms with Gasteiger partial charge in [0, 0.05) is 31.7 Å². The third-order valence-electron chi connectivity index (χ3n) is 7.73. The molecule has 2 aromatic heterocycles. The second-order valence-electron chi connectivity index (χ2n) is 10.8. The standard InChI is InChI=1S/C28H30F5N5O3/c29-27(30)10-4-7-18(13-27)24(36-26(40)41-16-17-5-2-1-3-6-17)22-15-38-23(35-22)9-8-21(37-38)12-19-11-20(28(31,32)33)14-34-25(19)39/h1-3,5-6,8-9,15,18-20,24H,4,7,10-14,16H2,(H,34,39)(H,36,40)/t18-,19?,20-,24-/m0/s1. The lowest BCUT2D eigenvalue weighted by Crippen LogP contribution is -2.47. The molecule has 1 saturated carbocycles. The summed E-state index contributed by atoms with van der Waals surface area (Å²) >= 11 is 0. The van der Waals surface area contributed by atoms with Gasteiger partial charge >= 0.3 is 12.3 Å². The monoisotopic (exact) mass is 579 g/mol. The van der Waals surface area contributed by atoms with E-state index in [-0.39, 0.29) is 32.3 Å². The molecule has 3 aromatic rings. The van der Waals surface area contributed by atoms with Crippen LogP contribution in [0, 0.1) is 17.8 Å². The number of fused-ring (bicyclic) bond motifs is 1. The average Bonchev–Trinajstić information content (AvgIpc) is 3.34. The quantitative estimate of drug-likeness (QED) is 0.367. The number of imidazole rings is 1. The lowest BCUT2D eigenvalue weighted by atomic mass is 9.81. The molecule has 2 amide bonds. The largest absolute Gasteiger partial charge is 0.445 e. The Hall–Kier alpha value is -3.77. The molecule has 0 bridgehead atoms. The third-order valence-corrected chi connectivity index (χ3v) is 7.73. The predicted molar refractivity (Wildman–Crippen MR) is 137 cm³/mol. The molecular weight excluding hydrogens is 549 g/mol. The molecule has 5 rings (SSSR count). The van der Waals surface area contributed by atoms with E-state index in [9.17, 15) is 31.5 Å². The first-order valence-corrected chi connectivity index (χ1v) is 13.5. The molecule has 1 aromatic carbocycles. The predicted octanol–water partition coefficient (Wildman–Crippen LogP) is 5.38. The molecule has 1 saturated heterocycles. The van der Waals surface area contributed by atoms with Gasteiger partial charge in [0.05, 0.1) is 29.5 Å². The van der Waals surface area contributed by atoms with Crippen molar-refractivity contribution in [1.29, 1.82) is 0 Å². The van der Waals surface area contributed by atoms with Crippen molar-refractivity contribution in [2.75, 3.05) is 6.54 Å². The Morgan fingerprint density at radius 1 is 1.20 bits per heavy atom. The molecule has 2 N–H and O–H groups in total. The number of carbonyl (C=O) groups is 2. The number of piperidine rings is 1. The Kier molecular flexibility index (Phi) is 8.14. The van der Waals surface area contributed by atoms with Crippen molar-refractivity contribution >= 4 is 17.6 Å². The minimum Gasteiger partial charge on any atom is -0.445 e. The van der Waals surface area contributed by atoms with Crippen LogP contribution in [0.15, 0.2) is 48.7 Å². The number of benzene rings is 1. The second-order valence-corrected chi connectivity index (χ2v) is 10.8. The summed E-state index contributed by atoms with van der Waals surface area (Å²) in [4.78, 5) is 29.5. The minimum atomic E-state index is -4.41. The van der Waals surface area contributed by atoms with Crippen molar-refractivity contribution < 1.29 is 36.3 Å². The van der Waals surface area contributed by atoms with Crippen LogP contribution in [-0.2, 0) is 22.6 Å². The normalized spacial score (nSPS) is 23.5. The Balaban J connectivity index is 1.35. The van der Waals surface area contributed by atoms with Gasteiger partial charge in [-0.15, -0.1) is 0 Å². The van der Waals surface area contributed by atoms with Crippen molar-refractivity contribution in [2.45, 2.75) is 63.3 Å². The first-order chi connectivity index (χ1) is 19.5. The minimum absolute atomic E-state index is 0.000239. The maximum absolute atomic E-state index is 14.4. The number of rotatable bonds is 7. The third kappa shape index (κ3) is 7.12. The van der Waals surface area contributed by atoms with Gasteiger partial charge in [0.1, 0.15) is 6.61 Å². The van der Waals surface area contributed by atoms with E-state index in [0.29, 0.717) is 23.5 Å². The fraction of sp³-hybridized carbons (Fsp3) is 0.500. The lowest BCUT2D eigenvalue weighted by Gasteiger charge is -2.33. The smallest absolute Gasteiger partial charge is 0.408 e. The Morgan fingerprint density at radius 3 is 2.71 bits per heavy atom. The highest BCUT2D eigenvalue weighted by Crippen LogP contribution is 2.42. The van der Waals surface area contributed by atoms with Crippen LogP contribution in [0.5, 0.6) is 0 Å². The molecule has 1 aliphatic carbocycles. The summed E-state index contributed by atoms with van der Waals surface area (Å²) in [6.07, 6.45) is -3.96. The van der Waals surface area contributed by atoms with E-state index in [1.165, 1.54) is 10.7 Å². The van der Waals surface area contributed by atoms with Crippen LogP contribution in [0.25, 0.3) is 5.65 Å². The van der Waals surface area contributed by atoms with Gasteiger partial charge in [0.2, 0.25) is 11.8 Å². The number of aromatic nitrogens is 3. The van der Waals surface area contributed by atoms with Crippen LogP contribution in [-0.4, -0.2) is 45.2 Å².